The minimum atomic E-state index is -0.861. The zero-order valence-electron chi connectivity index (χ0n) is 19.6. The van der Waals surface area contributed by atoms with E-state index in [0.29, 0.717) is 11.1 Å². The van der Waals surface area contributed by atoms with E-state index in [1.54, 1.807) is 36.4 Å². The highest BCUT2D eigenvalue weighted by Gasteiger charge is 2.20. The SMILES string of the molecule is COc1ccc(NC(=O)/C(C#N)=C/c2ccc(OC)c(OC(=O)c3ccc(C)cc3)c2)c([N+](=O)[O-])c1. The summed E-state index contributed by atoms with van der Waals surface area (Å²) in [6, 6.07) is 17.0. The standard InChI is InChI=1S/C26H21N3O7/c1-16-4-7-18(8-5-16)26(31)36-24-13-17(6-11-23(24)35-3)12-19(15-27)25(30)28-21-10-9-20(34-2)14-22(21)29(32)33/h4-14H,1-3H3,(H,28,30)/b19-12+. The van der Waals surface area contributed by atoms with Crippen LogP contribution in [-0.2, 0) is 4.79 Å². The summed E-state index contributed by atoms with van der Waals surface area (Å²) in [5.41, 5.74) is 0.851. The van der Waals surface area contributed by atoms with Gasteiger partial charge in [0.15, 0.2) is 11.5 Å². The molecular formula is C26H21N3O7. The summed E-state index contributed by atoms with van der Waals surface area (Å²) in [6.07, 6.45) is 1.26. The number of nitrogens with zero attached hydrogens (tertiary/aromatic N) is 2. The Kier molecular flexibility index (Phi) is 7.99. The van der Waals surface area contributed by atoms with E-state index < -0.39 is 22.5 Å². The van der Waals surface area contributed by atoms with Crippen molar-refractivity contribution in [3.63, 3.8) is 0 Å². The molecule has 0 spiro atoms. The Hall–Kier alpha value is -5.17. The smallest absolute Gasteiger partial charge is 0.343 e. The number of rotatable bonds is 8. The van der Waals surface area contributed by atoms with Gasteiger partial charge in [0.05, 0.1) is 30.8 Å². The van der Waals surface area contributed by atoms with Crippen LogP contribution in [0, 0.1) is 28.4 Å². The van der Waals surface area contributed by atoms with Crippen LogP contribution in [0.25, 0.3) is 6.08 Å². The second kappa shape index (κ2) is 11.3. The molecule has 0 aromatic heterocycles. The van der Waals surface area contributed by atoms with Crippen LogP contribution in [0.4, 0.5) is 11.4 Å². The van der Waals surface area contributed by atoms with Crippen LogP contribution in [0.2, 0.25) is 0 Å². The highest BCUT2D eigenvalue weighted by molar-refractivity contribution is 6.10. The topological polar surface area (TPSA) is 141 Å². The van der Waals surface area contributed by atoms with E-state index in [-0.39, 0.29) is 28.5 Å². The molecule has 0 aliphatic heterocycles. The fraction of sp³-hybridized carbons (Fsp3) is 0.115. The van der Waals surface area contributed by atoms with E-state index in [0.717, 1.165) is 11.6 Å². The number of methoxy groups -OCH3 is 2. The van der Waals surface area contributed by atoms with Gasteiger partial charge in [-0.25, -0.2) is 4.79 Å². The maximum Gasteiger partial charge on any atom is 0.343 e. The van der Waals surface area contributed by atoms with Crippen LogP contribution < -0.4 is 19.5 Å². The number of amides is 1. The van der Waals surface area contributed by atoms with Gasteiger partial charge in [-0.3, -0.25) is 14.9 Å². The van der Waals surface area contributed by atoms with Gasteiger partial charge in [-0.15, -0.1) is 0 Å². The molecule has 0 aliphatic rings. The van der Waals surface area contributed by atoms with Gasteiger partial charge < -0.3 is 19.5 Å². The minimum absolute atomic E-state index is 0.0836. The van der Waals surface area contributed by atoms with Crippen LogP contribution in [0.1, 0.15) is 21.5 Å². The number of ether oxygens (including phenoxy) is 3. The van der Waals surface area contributed by atoms with Gasteiger partial charge >= 0.3 is 5.97 Å². The van der Waals surface area contributed by atoms with Crippen molar-refractivity contribution in [2.24, 2.45) is 0 Å². The lowest BCUT2D eigenvalue weighted by Crippen LogP contribution is -2.14. The molecule has 0 bridgehead atoms. The van der Waals surface area contributed by atoms with Gasteiger partial charge in [0.2, 0.25) is 0 Å². The lowest BCUT2D eigenvalue weighted by atomic mass is 10.1. The molecule has 0 unspecified atom stereocenters. The predicted molar refractivity (Wildman–Crippen MR) is 131 cm³/mol. The van der Waals surface area contributed by atoms with Crippen molar-refractivity contribution in [2.45, 2.75) is 6.92 Å². The number of nitriles is 1. The Labute approximate surface area is 206 Å². The van der Waals surface area contributed by atoms with E-state index in [1.807, 2.05) is 6.92 Å². The van der Waals surface area contributed by atoms with E-state index in [4.69, 9.17) is 14.2 Å². The van der Waals surface area contributed by atoms with Crippen molar-refractivity contribution in [3.8, 4) is 23.3 Å². The second-order valence-electron chi connectivity index (χ2n) is 7.43. The molecule has 182 valence electrons. The second-order valence-corrected chi connectivity index (χ2v) is 7.43. The summed E-state index contributed by atoms with van der Waals surface area (Å²) in [5.74, 6) is -0.884. The summed E-state index contributed by atoms with van der Waals surface area (Å²) in [6.45, 7) is 1.89. The molecule has 10 nitrogen and oxygen atoms in total. The molecule has 1 N–H and O–H groups in total. The molecule has 0 heterocycles. The Morgan fingerprint density at radius 2 is 1.72 bits per heavy atom. The van der Waals surface area contributed by atoms with Crippen LogP contribution in [0.3, 0.4) is 0 Å². The minimum Gasteiger partial charge on any atom is -0.496 e. The number of nitro benzene ring substituents is 1. The number of hydrogen-bond donors (Lipinski definition) is 1. The quantitative estimate of drug-likeness (QED) is 0.121. The number of anilines is 1. The number of nitrogens with one attached hydrogen (secondary N) is 1. The van der Waals surface area contributed by atoms with Crippen molar-refractivity contribution in [1.29, 1.82) is 5.26 Å². The molecule has 0 saturated carbocycles. The first kappa shape index (κ1) is 25.5. The van der Waals surface area contributed by atoms with E-state index in [9.17, 15) is 25.0 Å². The lowest BCUT2D eigenvalue weighted by Gasteiger charge is -2.11. The van der Waals surface area contributed by atoms with Crippen LogP contribution >= 0.6 is 0 Å². The third kappa shape index (κ3) is 6.03. The predicted octanol–water partition coefficient (Wildman–Crippen LogP) is 4.69. The number of hydrogen-bond acceptors (Lipinski definition) is 8. The first-order chi connectivity index (χ1) is 17.2. The molecular weight excluding hydrogens is 466 g/mol. The molecule has 10 heteroatoms. The first-order valence-corrected chi connectivity index (χ1v) is 10.5. The number of esters is 1. The molecule has 1 amide bonds. The summed E-state index contributed by atoms with van der Waals surface area (Å²) >= 11 is 0. The van der Waals surface area contributed by atoms with E-state index in [1.165, 1.54) is 44.6 Å². The normalized spacial score (nSPS) is 10.7. The van der Waals surface area contributed by atoms with Crippen molar-refractivity contribution in [3.05, 3.63) is 93.0 Å². The number of benzene rings is 3. The molecule has 0 fully saturated rings. The van der Waals surface area contributed by atoms with Gasteiger partial charge in [0.1, 0.15) is 23.1 Å². The highest BCUT2D eigenvalue weighted by Crippen LogP contribution is 2.31. The molecule has 0 atom stereocenters. The summed E-state index contributed by atoms with van der Waals surface area (Å²) < 4.78 is 15.7. The first-order valence-electron chi connectivity index (χ1n) is 10.5. The Balaban J connectivity index is 1.87. The molecule has 0 aliphatic carbocycles. The summed E-state index contributed by atoms with van der Waals surface area (Å²) in [5, 5.41) is 23.3. The zero-order valence-corrected chi connectivity index (χ0v) is 19.6. The zero-order chi connectivity index (χ0) is 26.2. The van der Waals surface area contributed by atoms with Gasteiger partial charge in [-0.2, -0.15) is 5.26 Å². The van der Waals surface area contributed by atoms with Gasteiger partial charge in [0, 0.05) is 0 Å². The number of carbonyl (C=O) groups excluding carboxylic acids is 2. The molecule has 3 rings (SSSR count). The molecule has 3 aromatic carbocycles. The van der Waals surface area contributed by atoms with E-state index in [2.05, 4.69) is 5.32 Å². The van der Waals surface area contributed by atoms with Gasteiger partial charge in [0.25, 0.3) is 11.6 Å². The fourth-order valence-electron chi connectivity index (χ4n) is 3.11. The monoisotopic (exact) mass is 487 g/mol. The molecule has 0 saturated heterocycles. The van der Waals surface area contributed by atoms with Crippen LogP contribution in [0.5, 0.6) is 17.2 Å². The molecule has 3 aromatic rings. The number of carbonyl (C=O) groups is 2. The summed E-state index contributed by atoms with van der Waals surface area (Å²) in [4.78, 5) is 36.0. The Bertz CT molecular complexity index is 1390. The average molecular weight is 487 g/mol. The van der Waals surface area contributed by atoms with Gasteiger partial charge in [-0.05, 0) is 55.0 Å². The third-order valence-electron chi connectivity index (χ3n) is 5.00. The van der Waals surface area contributed by atoms with E-state index >= 15 is 0 Å². The summed E-state index contributed by atoms with van der Waals surface area (Å²) in [7, 11) is 2.76. The fourth-order valence-corrected chi connectivity index (χ4v) is 3.11. The Morgan fingerprint density at radius 3 is 2.33 bits per heavy atom. The largest absolute Gasteiger partial charge is 0.496 e. The number of aryl methyl sites for hydroxylation is 1. The molecule has 36 heavy (non-hydrogen) atoms. The van der Waals surface area contributed by atoms with Crippen molar-refractivity contribution in [2.75, 3.05) is 19.5 Å². The van der Waals surface area contributed by atoms with Crippen molar-refractivity contribution < 1.29 is 28.7 Å². The van der Waals surface area contributed by atoms with Crippen molar-refractivity contribution >= 4 is 29.3 Å². The molecule has 0 radical (unpaired) electrons. The maximum atomic E-state index is 12.7. The maximum absolute atomic E-state index is 12.7. The van der Waals surface area contributed by atoms with Crippen LogP contribution in [-0.4, -0.2) is 31.0 Å². The third-order valence-corrected chi connectivity index (χ3v) is 5.00. The average Bonchev–Trinajstić information content (AvgIpc) is 2.87. The van der Waals surface area contributed by atoms with Gasteiger partial charge in [-0.1, -0.05) is 23.8 Å². The van der Waals surface area contributed by atoms with Crippen LogP contribution in [0.15, 0.2) is 66.2 Å². The Morgan fingerprint density at radius 1 is 1.00 bits per heavy atom. The number of nitro groups is 1. The highest BCUT2D eigenvalue weighted by atomic mass is 16.6. The lowest BCUT2D eigenvalue weighted by molar-refractivity contribution is -0.384. The van der Waals surface area contributed by atoms with Crippen molar-refractivity contribution in [1.82, 2.24) is 0 Å².